The van der Waals surface area contributed by atoms with Crippen molar-refractivity contribution in [3.63, 3.8) is 0 Å². The molecule has 0 spiro atoms. The highest BCUT2D eigenvalue weighted by atomic mass is 31.1. The summed E-state index contributed by atoms with van der Waals surface area (Å²) >= 11 is -0.123. The van der Waals surface area contributed by atoms with Gasteiger partial charge in [-0.05, 0) is 0 Å². The van der Waals surface area contributed by atoms with Crippen LogP contribution in [0.3, 0.4) is 0 Å². The summed E-state index contributed by atoms with van der Waals surface area (Å²) in [6, 6.07) is 10.5. The van der Waals surface area contributed by atoms with Gasteiger partial charge in [-0.3, -0.25) is 0 Å². The lowest BCUT2D eigenvalue weighted by Gasteiger charge is -1.91. The van der Waals surface area contributed by atoms with E-state index in [1.807, 2.05) is 6.07 Å². The van der Waals surface area contributed by atoms with Gasteiger partial charge in [-0.2, -0.15) is 3.69 Å². The lowest BCUT2D eigenvalue weighted by atomic mass is 10.4. The van der Waals surface area contributed by atoms with Gasteiger partial charge < -0.3 is 10.6 Å². The van der Waals surface area contributed by atoms with Gasteiger partial charge in [-0.15, -0.1) is 0 Å². The minimum Gasteiger partial charge on any atom is -0.355 e. The van der Waals surface area contributed by atoms with Crippen LogP contribution in [0.1, 0.15) is 0 Å². The third-order valence-electron chi connectivity index (χ3n) is 1.28. The molecule has 62 valence electrons. The van der Waals surface area contributed by atoms with E-state index in [1.165, 1.54) is 3.69 Å². The van der Waals surface area contributed by atoms with Crippen LogP contribution in [0.5, 0.6) is 0 Å². The van der Waals surface area contributed by atoms with Crippen LogP contribution in [-0.4, -0.2) is 29.9 Å². The molecular formula is C7H10MgNO2P. The Hall–Kier alpha value is 0.00623. The Labute approximate surface area is 83.0 Å². The van der Waals surface area contributed by atoms with Crippen molar-refractivity contribution < 1.29 is 9.46 Å². The van der Waals surface area contributed by atoms with E-state index in [1.54, 1.807) is 0 Å². The first-order valence-electron chi connectivity index (χ1n) is 3.56. The average Bonchev–Trinajstić information content (AvgIpc) is 2.08. The van der Waals surface area contributed by atoms with Crippen molar-refractivity contribution in [3.05, 3.63) is 30.3 Å². The van der Waals surface area contributed by atoms with Crippen molar-refractivity contribution in [1.29, 1.82) is 0 Å². The highest BCUT2D eigenvalue weighted by molar-refractivity contribution is 7.16. The smallest absolute Gasteiger partial charge is 0.355 e. The molecular weight excluding hydrogens is 185 g/mol. The van der Waals surface area contributed by atoms with Gasteiger partial charge in [0.1, 0.15) is 0 Å². The fraction of sp³-hybridized carbons (Fsp3) is 0.143. The van der Waals surface area contributed by atoms with Crippen molar-refractivity contribution in [1.82, 2.24) is 0 Å². The van der Waals surface area contributed by atoms with Crippen molar-refractivity contribution in [2.24, 2.45) is 5.73 Å². The molecule has 0 radical (unpaired) electrons. The number of benzene rings is 1. The van der Waals surface area contributed by atoms with E-state index in [9.17, 15) is 0 Å². The molecule has 5 heteroatoms. The minimum atomic E-state index is -0.833. The van der Waals surface area contributed by atoms with Crippen LogP contribution >= 0.6 is 8.69 Å². The van der Waals surface area contributed by atoms with Gasteiger partial charge in [0, 0.05) is 0 Å². The first-order chi connectivity index (χ1) is 5.85. The van der Waals surface area contributed by atoms with E-state index in [4.69, 9.17) is 15.2 Å². The molecule has 0 aliphatic rings. The number of hydrogen-bond donors (Lipinski definition) is 2. The normalized spacial score (nSPS) is 8.17. The van der Waals surface area contributed by atoms with Crippen LogP contribution in [0, 0.1) is 0 Å². The van der Waals surface area contributed by atoms with Crippen LogP contribution in [0.25, 0.3) is 0 Å². The molecule has 0 aliphatic heterocycles. The minimum absolute atomic E-state index is 0.123. The van der Waals surface area contributed by atoms with Crippen molar-refractivity contribution in [3.8, 4) is 0 Å². The third-order valence-corrected chi connectivity index (χ3v) is 2.61. The van der Waals surface area contributed by atoms with Crippen molar-refractivity contribution >= 4 is 32.7 Å². The lowest BCUT2D eigenvalue weighted by molar-refractivity contribution is 0.524. The maximum absolute atomic E-state index is 8.46. The lowest BCUT2D eigenvalue weighted by Crippen LogP contribution is -2.22. The van der Waals surface area contributed by atoms with Gasteiger partial charge in [0.2, 0.25) is 0 Å². The number of rotatable bonds is 2. The van der Waals surface area contributed by atoms with Crippen LogP contribution in [0.4, 0.5) is 0 Å². The summed E-state index contributed by atoms with van der Waals surface area (Å²) in [4.78, 5) is 6.99. The van der Waals surface area contributed by atoms with E-state index in [2.05, 4.69) is 24.3 Å². The molecule has 0 aromatic heterocycles. The summed E-state index contributed by atoms with van der Waals surface area (Å²) in [5, 5.41) is 0. The largest absolute Gasteiger partial charge is 0.428 e. The number of nitrogens with two attached hydrogens (primary N) is 1. The van der Waals surface area contributed by atoms with E-state index in [0.717, 1.165) is 4.67 Å². The molecule has 3 nitrogen and oxygen atoms in total. The first-order valence-corrected chi connectivity index (χ1v) is 6.03. The summed E-state index contributed by atoms with van der Waals surface area (Å²) in [6.45, 7) is 0. The summed E-state index contributed by atoms with van der Waals surface area (Å²) < 4.78 is 10.8. The maximum atomic E-state index is 8.46. The SMILES string of the molecule is N[CH2][Mg][c]1ccccc1.O=PO. The Kier molecular flexibility index (Phi) is 9.10. The predicted molar refractivity (Wildman–Crippen MR) is 50.7 cm³/mol. The summed E-state index contributed by atoms with van der Waals surface area (Å²) in [6.07, 6.45) is 0. The molecule has 0 fully saturated rings. The van der Waals surface area contributed by atoms with Crippen molar-refractivity contribution in [2.75, 3.05) is 4.67 Å². The molecule has 1 rings (SSSR count). The third kappa shape index (κ3) is 6.70. The molecule has 0 saturated heterocycles. The molecule has 0 unspecified atom stereocenters. The van der Waals surface area contributed by atoms with Gasteiger partial charge in [0.05, 0.1) is 0 Å². The van der Waals surface area contributed by atoms with Gasteiger partial charge in [-0.25, -0.2) is 4.57 Å². The van der Waals surface area contributed by atoms with E-state index >= 15 is 0 Å². The molecule has 12 heavy (non-hydrogen) atoms. The summed E-state index contributed by atoms with van der Waals surface area (Å²) in [5.74, 6) is 0. The van der Waals surface area contributed by atoms with Gasteiger partial charge in [0.15, 0.2) is 0 Å². The van der Waals surface area contributed by atoms with Crippen LogP contribution < -0.4 is 9.43 Å². The van der Waals surface area contributed by atoms with Crippen LogP contribution in [-0.2, 0) is 4.57 Å². The number of hydrogen-bond acceptors (Lipinski definition) is 2. The molecule has 0 heterocycles. The molecule has 0 atom stereocenters. The van der Waals surface area contributed by atoms with E-state index in [-0.39, 0.29) is 20.4 Å². The van der Waals surface area contributed by atoms with Crippen molar-refractivity contribution in [2.45, 2.75) is 0 Å². The molecule has 0 aliphatic carbocycles. The van der Waals surface area contributed by atoms with E-state index < -0.39 is 8.69 Å². The molecule has 1 aromatic rings. The second kappa shape index (κ2) is 9.10. The van der Waals surface area contributed by atoms with Gasteiger partial charge in [-0.1, -0.05) is 35.0 Å². The molecule has 0 saturated carbocycles. The van der Waals surface area contributed by atoms with Gasteiger partial charge >= 0.3 is 29.1 Å². The average molecular weight is 195 g/mol. The quantitative estimate of drug-likeness (QED) is 0.520. The predicted octanol–water partition coefficient (Wildman–Crippen LogP) is 0.118. The summed E-state index contributed by atoms with van der Waals surface area (Å²) in [7, 11) is -0.833. The monoisotopic (exact) mass is 195 g/mol. The zero-order chi connectivity index (χ0) is 9.23. The fourth-order valence-corrected chi connectivity index (χ4v) is 1.75. The molecule has 0 bridgehead atoms. The maximum Gasteiger partial charge on any atom is 0.428 e. The first kappa shape index (κ1) is 12.0. The Morgan fingerprint density at radius 3 is 2.33 bits per heavy atom. The second-order valence-electron chi connectivity index (χ2n) is 2.11. The molecule has 3 N–H and O–H groups in total. The topological polar surface area (TPSA) is 63.3 Å². The zero-order valence-corrected chi connectivity index (χ0v) is 8.99. The van der Waals surface area contributed by atoms with E-state index in [0.29, 0.717) is 0 Å². The Balaban J connectivity index is 0.000000354. The fourth-order valence-electron chi connectivity index (χ4n) is 0.811. The Morgan fingerprint density at radius 2 is 1.92 bits per heavy atom. The van der Waals surface area contributed by atoms with Crippen LogP contribution in [0.2, 0.25) is 0 Å². The Bertz CT molecular complexity index is 208. The standard InChI is InChI=1S/C6H5.CH4N.Mg.HO2P/c1-2-4-6-5-3-1;1-2;;1-3-2/h1-5H;1-2H2;;(H,1,2). The highest BCUT2D eigenvalue weighted by Crippen LogP contribution is 1.79. The van der Waals surface area contributed by atoms with Crippen LogP contribution in [0.15, 0.2) is 30.3 Å². The highest BCUT2D eigenvalue weighted by Gasteiger charge is 1.91. The van der Waals surface area contributed by atoms with Gasteiger partial charge in [0.25, 0.3) is 0 Å². The molecule has 0 amide bonds. The second-order valence-corrected chi connectivity index (χ2v) is 4.16. The molecule has 1 aromatic carbocycles. The summed E-state index contributed by atoms with van der Waals surface area (Å²) in [5.41, 5.74) is 5.42. The Morgan fingerprint density at radius 1 is 1.42 bits per heavy atom. The zero-order valence-electron chi connectivity index (χ0n) is 6.68.